The number of aliphatic hydroxyl groups is 1. The Morgan fingerprint density at radius 1 is 1.12 bits per heavy atom. The lowest BCUT2D eigenvalue weighted by molar-refractivity contribution is -0.122. The van der Waals surface area contributed by atoms with E-state index in [4.69, 9.17) is 19.3 Å². The number of aliphatic hydroxyl groups excluding tert-OH is 1. The van der Waals surface area contributed by atoms with Crippen LogP contribution in [0, 0.1) is 6.92 Å². The number of rotatable bonds is 3. The van der Waals surface area contributed by atoms with E-state index in [1.54, 1.807) is 12.1 Å². The summed E-state index contributed by atoms with van der Waals surface area (Å²) in [5.41, 5.74) is 1.96. The molecule has 1 spiro atoms. The second-order valence-corrected chi connectivity index (χ2v) is 7.81. The monoisotopic (exact) mass is 445 g/mol. The number of aryl methyl sites for hydroxylation is 1. The predicted octanol–water partition coefficient (Wildman–Crippen LogP) is 4.31. The number of carbonyl (C=O) groups is 1. The molecule has 0 radical (unpaired) electrons. The van der Waals surface area contributed by atoms with Crippen molar-refractivity contribution in [2.75, 3.05) is 24.8 Å². The Hall–Kier alpha value is -3.62. The first kappa shape index (κ1) is 20.3. The lowest BCUT2D eigenvalue weighted by atomic mass is 9.76. The largest absolute Gasteiger partial charge is 0.504 e. The van der Waals surface area contributed by atoms with E-state index in [1.807, 2.05) is 25.1 Å². The van der Waals surface area contributed by atoms with Crippen LogP contribution in [0.3, 0.4) is 0 Å². The van der Waals surface area contributed by atoms with Gasteiger partial charge in [-0.15, -0.1) is 0 Å². The number of alkyl halides is 3. The molecule has 0 fully saturated rings. The molecule has 1 unspecified atom stereocenters. The fourth-order valence-corrected chi connectivity index (χ4v) is 4.32. The van der Waals surface area contributed by atoms with Gasteiger partial charge in [0.25, 0.3) is 0 Å². The number of hydrogen-bond donors (Lipinski definition) is 1. The number of amides is 1. The van der Waals surface area contributed by atoms with Gasteiger partial charge in [-0.1, -0.05) is 29.8 Å². The van der Waals surface area contributed by atoms with Gasteiger partial charge in [0.05, 0.1) is 0 Å². The number of carbonyl (C=O) groups excluding carboxylic acids is 1. The summed E-state index contributed by atoms with van der Waals surface area (Å²) in [6.45, 7) is 2.12. The molecule has 1 N–H and O–H groups in total. The van der Waals surface area contributed by atoms with Crippen molar-refractivity contribution >= 4 is 11.6 Å². The SMILES string of the molecule is Cc1ccc2c(c1)C1(COc3cc4c(cc31)OCO4)C(=O)N2C/C=C/C=C(\O)C(F)(F)F. The van der Waals surface area contributed by atoms with Gasteiger partial charge in [-0.3, -0.25) is 4.79 Å². The molecule has 0 saturated carbocycles. The summed E-state index contributed by atoms with van der Waals surface area (Å²) >= 11 is 0. The van der Waals surface area contributed by atoms with Crippen molar-refractivity contribution in [2.24, 2.45) is 0 Å². The van der Waals surface area contributed by atoms with Gasteiger partial charge in [-0.25, -0.2) is 0 Å². The molecule has 0 aromatic heterocycles. The molecular weight excluding hydrogens is 427 g/mol. The number of allylic oxidation sites excluding steroid dienone is 3. The summed E-state index contributed by atoms with van der Waals surface area (Å²) in [5, 5.41) is 9.04. The standard InChI is InChI=1S/C23H18F3NO5/c1-13-5-6-16-14(8-13)22(11-30-17-10-19-18(9-15(17)22)31-12-32-19)21(29)27(16)7-3-2-4-20(28)23(24,25)26/h2-6,8-10,28H,7,11-12H2,1H3/b3-2+,20-4-. The van der Waals surface area contributed by atoms with E-state index in [0.29, 0.717) is 34.6 Å². The van der Waals surface area contributed by atoms with Crippen molar-refractivity contribution < 1.29 is 37.3 Å². The number of benzene rings is 2. The number of hydrogen-bond acceptors (Lipinski definition) is 5. The number of nitrogens with zero attached hydrogens (tertiary/aromatic N) is 1. The van der Waals surface area contributed by atoms with Crippen molar-refractivity contribution in [2.45, 2.75) is 18.5 Å². The summed E-state index contributed by atoms with van der Waals surface area (Å²) in [4.78, 5) is 15.2. The van der Waals surface area contributed by atoms with E-state index in [9.17, 15) is 18.0 Å². The molecule has 3 aliphatic heterocycles. The Morgan fingerprint density at radius 2 is 1.88 bits per heavy atom. The molecule has 3 heterocycles. The molecular formula is C23H18F3NO5. The van der Waals surface area contributed by atoms with Crippen LogP contribution in [0.5, 0.6) is 17.2 Å². The first-order valence-electron chi connectivity index (χ1n) is 9.85. The van der Waals surface area contributed by atoms with E-state index in [1.165, 1.54) is 11.0 Å². The van der Waals surface area contributed by atoms with Crippen LogP contribution < -0.4 is 19.1 Å². The molecule has 5 rings (SSSR count). The van der Waals surface area contributed by atoms with Crippen molar-refractivity contribution in [3.63, 3.8) is 0 Å². The van der Waals surface area contributed by atoms with Gasteiger partial charge in [0.1, 0.15) is 17.8 Å². The quantitative estimate of drug-likeness (QED) is 0.564. The topological polar surface area (TPSA) is 68.2 Å². The molecule has 32 heavy (non-hydrogen) atoms. The molecule has 166 valence electrons. The number of fused-ring (bicyclic) bond motifs is 5. The Labute approximate surface area is 181 Å². The maximum Gasteiger partial charge on any atom is 0.448 e. The molecule has 2 aromatic carbocycles. The van der Waals surface area contributed by atoms with Crippen LogP contribution in [0.4, 0.5) is 18.9 Å². The highest BCUT2D eigenvalue weighted by molar-refractivity contribution is 6.11. The van der Waals surface area contributed by atoms with Crippen LogP contribution in [-0.4, -0.2) is 37.1 Å². The zero-order valence-corrected chi connectivity index (χ0v) is 16.9. The second kappa shape index (κ2) is 6.94. The van der Waals surface area contributed by atoms with E-state index >= 15 is 0 Å². The summed E-state index contributed by atoms with van der Waals surface area (Å²) in [7, 11) is 0. The normalized spacial score (nSPS) is 21.4. The molecule has 1 amide bonds. The molecule has 0 bridgehead atoms. The zero-order chi connectivity index (χ0) is 22.7. The van der Waals surface area contributed by atoms with E-state index in [-0.39, 0.29) is 25.9 Å². The zero-order valence-electron chi connectivity index (χ0n) is 16.9. The van der Waals surface area contributed by atoms with Gasteiger partial charge in [0.2, 0.25) is 12.7 Å². The van der Waals surface area contributed by atoms with Gasteiger partial charge >= 0.3 is 6.18 Å². The van der Waals surface area contributed by atoms with Crippen LogP contribution in [0.2, 0.25) is 0 Å². The molecule has 0 aliphatic carbocycles. The van der Waals surface area contributed by atoms with E-state index < -0.39 is 17.4 Å². The van der Waals surface area contributed by atoms with Gasteiger partial charge in [0, 0.05) is 23.9 Å². The van der Waals surface area contributed by atoms with Crippen LogP contribution in [0.25, 0.3) is 0 Å². The molecule has 2 aromatic rings. The summed E-state index contributed by atoms with van der Waals surface area (Å²) < 4.78 is 54.2. The lowest BCUT2D eigenvalue weighted by Crippen LogP contribution is -2.42. The van der Waals surface area contributed by atoms with E-state index in [0.717, 1.165) is 17.2 Å². The lowest BCUT2D eigenvalue weighted by Gasteiger charge is -2.22. The second-order valence-electron chi connectivity index (χ2n) is 7.81. The Morgan fingerprint density at radius 3 is 2.62 bits per heavy atom. The number of halogens is 3. The third-order valence-corrected chi connectivity index (χ3v) is 5.86. The van der Waals surface area contributed by atoms with Crippen LogP contribution in [0.15, 0.2) is 54.3 Å². The maximum atomic E-state index is 13.7. The average molecular weight is 445 g/mol. The van der Waals surface area contributed by atoms with Crippen molar-refractivity contribution in [3.8, 4) is 17.2 Å². The predicted molar refractivity (Wildman–Crippen MR) is 108 cm³/mol. The van der Waals surface area contributed by atoms with Crippen LogP contribution in [-0.2, 0) is 10.2 Å². The minimum Gasteiger partial charge on any atom is -0.504 e. The molecule has 6 nitrogen and oxygen atoms in total. The highest BCUT2D eigenvalue weighted by Gasteiger charge is 2.57. The fraction of sp³-hybridized carbons (Fsp3) is 0.261. The van der Waals surface area contributed by atoms with Crippen LogP contribution in [0.1, 0.15) is 16.7 Å². The Bertz CT molecular complexity index is 1190. The summed E-state index contributed by atoms with van der Waals surface area (Å²) in [6.07, 6.45) is -1.80. The highest BCUT2D eigenvalue weighted by atomic mass is 19.4. The minimum atomic E-state index is -4.82. The van der Waals surface area contributed by atoms with Gasteiger partial charge in [0.15, 0.2) is 17.3 Å². The van der Waals surface area contributed by atoms with Gasteiger partial charge < -0.3 is 24.2 Å². The fourth-order valence-electron chi connectivity index (χ4n) is 4.32. The molecule has 0 saturated heterocycles. The average Bonchev–Trinajstić information content (AvgIpc) is 3.41. The summed E-state index contributed by atoms with van der Waals surface area (Å²) in [5.74, 6) is -0.341. The van der Waals surface area contributed by atoms with Gasteiger partial charge in [-0.2, -0.15) is 13.2 Å². The van der Waals surface area contributed by atoms with Crippen molar-refractivity contribution in [1.29, 1.82) is 0 Å². The molecule has 3 aliphatic rings. The molecule has 1 atom stereocenters. The summed E-state index contributed by atoms with van der Waals surface area (Å²) in [6, 6.07) is 9.09. The minimum absolute atomic E-state index is 0.0260. The van der Waals surface area contributed by atoms with Gasteiger partial charge in [-0.05, 0) is 30.7 Å². The van der Waals surface area contributed by atoms with E-state index in [2.05, 4.69) is 0 Å². The third kappa shape index (κ3) is 2.91. The number of anilines is 1. The maximum absolute atomic E-state index is 13.7. The van der Waals surface area contributed by atoms with Crippen molar-refractivity contribution in [3.05, 3.63) is 71.0 Å². The first-order chi connectivity index (χ1) is 15.2. The Balaban J connectivity index is 1.54. The van der Waals surface area contributed by atoms with Crippen LogP contribution >= 0.6 is 0 Å². The van der Waals surface area contributed by atoms with Crippen molar-refractivity contribution in [1.82, 2.24) is 0 Å². The third-order valence-electron chi connectivity index (χ3n) is 5.86. The Kier molecular flexibility index (Phi) is 4.40. The smallest absolute Gasteiger partial charge is 0.448 e. The number of ether oxygens (including phenoxy) is 3. The first-order valence-corrected chi connectivity index (χ1v) is 9.85. The molecule has 9 heteroatoms. The highest BCUT2D eigenvalue weighted by Crippen LogP contribution is 2.55.